The van der Waals surface area contributed by atoms with Crippen LogP contribution in [-0.4, -0.2) is 38.3 Å². The molecule has 0 aliphatic heterocycles. The summed E-state index contributed by atoms with van der Waals surface area (Å²) in [5, 5.41) is 2.83. The first kappa shape index (κ1) is 14.7. The molecule has 0 atom stereocenters. The topological polar surface area (TPSA) is 30.5 Å². The van der Waals surface area contributed by atoms with E-state index < -0.39 is 6.36 Å². The van der Waals surface area contributed by atoms with Crippen LogP contribution < -0.4 is 5.32 Å². The van der Waals surface area contributed by atoms with Gasteiger partial charge in [-0.25, -0.2) is 0 Å². The molecule has 0 fully saturated rings. The summed E-state index contributed by atoms with van der Waals surface area (Å²) in [5.41, 5.74) is -0.368. The first-order valence-electron chi connectivity index (χ1n) is 4.82. The fourth-order valence-electron chi connectivity index (χ4n) is 1.07. The fraction of sp³-hybridized carbons (Fsp3) is 1.00. The van der Waals surface area contributed by atoms with E-state index >= 15 is 0 Å². The molecular weight excluding hydrogens is 211 g/mol. The van der Waals surface area contributed by atoms with Crippen molar-refractivity contribution in [3.05, 3.63) is 0 Å². The molecular formula is C9H18F3NO2. The molecule has 0 spiro atoms. The van der Waals surface area contributed by atoms with Gasteiger partial charge in [0, 0.05) is 19.7 Å². The molecule has 6 heteroatoms. The van der Waals surface area contributed by atoms with Gasteiger partial charge in [0.05, 0.1) is 12.2 Å². The summed E-state index contributed by atoms with van der Waals surface area (Å²) >= 11 is 0. The highest BCUT2D eigenvalue weighted by Crippen LogP contribution is 2.15. The van der Waals surface area contributed by atoms with Crippen LogP contribution in [0.4, 0.5) is 13.2 Å². The summed E-state index contributed by atoms with van der Waals surface area (Å²) < 4.78 is 43.6. The maximum Gasteiger partial charge on any atom is 0.522 e. The number of rotatable bonds is 7. The predicted octanol–water partition coefficient (Wildman–Crippen LogP) is 1.93. The SMILES string of the molecule is CCOC(C)(C)CNCCOC(F)(F)F. The van der Waals surface area contributed by atoms with Gasteiger partial charge in [0.25, 0.3) is 0 Å². The molecule has 0 aromatic carbocycles. The number of ether oxygens (including phenoxy) is 2. The van der Waals surface area contributed by atoms with E-state index in [1.807, 2.05) is 20.8 Å². The molecule has 0 aromatic heterocycles. The van der Waals surface area contributed by atoms with Crippen LogP contribution in [0.1, 0.15) is 20.8 Å². The van der Waals surface area contributed by atoms with Gasteiger partial charge >= 0.3 is 6.36 Å². The average Bonchev–Trinajstić information content (AvgIpc) is 2.00. The maximum atomic E-state index is 11.6. The van der Waals surface area contributed by atoms with Gasteiger partial charge in [-0.3, -0.25) is 4.74 Å². The third kappa shape index (κ3) is 9.96. The molecule has 0 aromatic rings. The monoisotopic (exact) mass is 229 g/mol. The highest BCUT2D eigenvalue weighted by atomic mass is 19.4. The van der Waals surface area contributed by atoms with Gasteiger partial charge in [0.2, 0.25) is 0 Å². The third-order valence-corrected chi connectivity index (χ3v) is 1.63. The van der Waals surface area contributed by atoms with Gasteiger partial charge in [-0.2, -0.15) is 0 Å². The zero-order valence-electron chi connectivity index (χ0n) is 9.28. The van der Waals surface area contributed by atoms with Crippen molar-refractivity contribution in [1.82, 2.24) is 5.32 Å². The minimum absolute atomic E-state index is 0.149. The van der Waals surface area contributed by atoms with Gasteiger partial charge in [0.15, 0.2) is 0 Å². The number of halogens is 3. The van der Waals surface area contributed by atoms with E-state index in [1.165, 1.54) is 0 Å². The Morgan fingerprint density at radius 3 is 2.20 bits per heavy atom. The van der Waals surface area contributed by atoms with E-state index in [0.717, 1.165) is 0 Å². The van der Waals surface area contributed by atoms with Crippen LogP contribution in [0.25, 0.3) is 0 Å². The average molecular weight is 229 g/mol. The van der Waals surface area contributed by atoms with Gasteiger partial charge in [-0.1, -0.05) is 0 Å². The zero-order chi connectivity index (χ0) is 11.9. The summed E-state index contributed by atoms with van der Waals surface area (Å²) in [6, 6.07) is 0. The van der Waals surface area contributed by atoms with Crippen LogP contribution >= 0.6 is 0 Å². The molecule has 92 valence electrons. The van der Waals surface area contributed by atoms with Crippen LogP contribution in [0.3, 0.4) is 0 Å². The second-order valence-electron chi connectivity index (χ2n) is 3.66. The minimum Gasteiger partial charge on any atom is -0.375 e. The Morgan fingerprint density at radius 1 is 1.13 bits per heavy atom. The molecule has 0 amide bonds. The van der Waals surface area contributed by atoms with Crippen molar-refractivity contribution >= 4 is 0 Å². The summed E-state index contributed by atoms with van der Waals surface area (Å²) in [6.07, 6.45) is -4.54. The Bertz CT molecular complexity index is 171. The Balaban J connectivity index is 3.46. The van der Waals surface area contributed by atoms with Crippen molar-refractivity contribution in [2.45, 2.75) is 32.7 Å². The number of hydrogen-bond acceptors (Lipinski definition) is 3. The molecule has 0 saturated heterocycles. The normalized spacial score (nSPS) is 13.2. The van der Waals surface area contributed by atoms with Gasteiger partial charge in [0.1, 0.15) is 0 Å². The highest BCUT2D eigenvalue weighted by molar-refractivity contribution is 4.71. The molecule has 0 aliphatic carbocycles. The standard InChI is InChI=1S/C9H18F3NO2/c1-4-14-8(2,3)7-13-5-6-15-9(10,11)12/h13H,4-7H2,1-3H3. The predicted molar refractivity (Wildman–Crippen MR) is 50.6 cm³/mol. The van der Waals surface area contributed by atoms with Crippen molar-refractivity contribution in [3.8, 4) is 0 Å². The molecule has 0 rings (SSSR count). The zero-order valence-corrected chi connectivity index (χ0v) is 9.28. The Kier molecular flexibility index (Phi) is 6.16. The maximum absolute atomic E-state index is 11.6. The molecule has 0 bridgehead atoms. The smallest absolute Gasteiger partial charge is 0.375 e. The minimum atomic E-state index is -4.54. The summed E-state index contributed by atoms with van der Waals surface area (Å²) in [4.78, 5) is 0. The van der Waals surface area contributed by atoms with Gasteiger partial charge < -0.3 is 10.1 Å². The molecule has 1 N–H and O–H groups in total. The quantitative estimate of drug-likeness (QED) is 0.677. The number of hydrogen-bond donors (Lipinski definition) is 1. The lowest BCUT2D eigenvalue weighted by atomic mass is 10.1. The van der Waals surface area contributed by atoms with Crippen molar-refractivity contribution in [1.29, 1.82) is 0 Å². The van der Waals surface area contributed by atoms with Gasteiger partial charge in [-0.15, -0.1) is 13.2 Å². The number of alkyl halides is 3. The van der Waals surface area contributed by atoms with E-state index in [0.29, 0.717) is 13.2 Å². The number of nitrogens with one attached hydrogen (secondary N) is 1. The van der Waals surface area contributed by atoms with Crippen molar-refractivity contribution in [2.75, 3.05) is 26.3 Å². The van der Waals surface area contributed by atoms with E-state index in [-0.39, 0.29) is 18.8 Å². The van der Waals surface area contributed by atoms with E-state index in [2.05, 4.69) is 10.1 Å². The van der Waals surface area contributed by atoms with Crippen molar-refractivity contribution in [3.63, 3.8) is 0 Å². The first-order chi connectivity index (χ1) is 6.77. The van der Waals surface area contributed by atoms with E-state index in [9.17, 15) is 13.2 Å². The van der Waals surface area contributed by atoms with Crippen molar-refractivity contribution < 1.29 is 22.6 Å². The first-order valence-corrected chi connectivity index (χ1v) is 4.82. The van der Waals surface area contributed by atoms with Crippen LogP contribution in [0.5, 0.6) is 0 Å². The second-order valence-corrected chi connectivity index (χ2v) is 3.66. The molecule has 0 aliphatic rings. The lowest BCUT2D eigenvalue weighted by Gasteiger charge is -2.25. The van der Waals surface area contributed by atoms with Crippen LogP contribution in [-0.2, 0) is 9.47 Å². The highest BCUT2D eigenvalue weighted by Gasteiger charge is 2.28. The summed E-state index contributed by atoms with van der Waals surface area (Å²) in [6.45, 7) is 6.44. The van der Waals surface area contributed by atoms with Crippen LogP contribution in [0.15, 0.2) is 0 Å². The fourth-order valence-corrected chi connectivity index (χ4v) is 1.07. The molecule has 15 heavy (non-hydrogen) atoms. The Hall–Kier alpha value is -0.330. The molecule has 0 saturated carbocycles. The van der Waals surface area contributed by atoms with Crippen LogP contribution in [0.2, 0.25) is 0 Å². The Morgan fingerprint density at radius 2 is 1.73 bits per heavy atom. The molecule has 3 nitrogen and oxygen atoms in total. The summed E-state index contributed by atoms with van der Waals surface area (Å²) in [5.74, 6) is 0. The van der Waals surface area contributed by atoms with Crippen LogP contribution in [0, 0.1) is 0 Å². The van der Waals surface area contributed by atoms with Crippen molar-refractivity contribution in [2.24, 2.45) is 0 Å². The molecule has 0 radical (unpaired) electrons. The molecule has 0 heterocycles. The molecule has 0 unspecified atom stereocenters. The second kappa shape index (κ2) is 6.30. The summed E-state index contributed by atoms with van der Waals surface area (Å²) in [7, 11) is 0. The third-order valence-electron chi connectivity index (χ3n) is 1.63. The van der Waals surface area contributed by atoms with E-state index in [4.69, 9.17) is 4.74 Å². The lowest BCUT2D eigenvalue weighted by molar-refractivity contribution is -0.323. The van der Waals surface area contributed by atoms with Gasteiger partial charge in [-0.05, 0) is 20.8 Å². The Labute approximate surface area is 87.9 Å². The van der Waals surface area contributed by atoms with E-state index in [1.54, 1.807) is 0 Å². The largest absolute Gasteiger partial charge is 0.522 e. The lowest BCUT2D eigenvalue weighted by Crippen LogP contribution is -2.39.